The number of fused-ring (bicyclic) bond motifs is 1. The highest BCUT2D eigenvalue weighted by Crippen LogP contribution is 2.38. The van der Waals surface area contributed by atoms with Gasteiger partial charge in [-0.05, 0) is 50.6 Å². The second kappa shape index (κ2) is 9.49. The van der Waals surface area contributed by atoms with E-state index >= 15 is 0 Å². The number of hydrogen-bond donors (Lipinski definition) is 0. The lowest BCUT2D eigenvalue weighted by molar-refractivity contribution is 0.0531. The molecule has 0 saturated heterocycles. The van der Waals surface area contributed by atoms with Gasteiger partial charge in [-0.25, -0.2) is 9.78 Å². The zero-order chi connectivity index (χ0) is 21.8. The van der Waals surface area contributed by atoms with Crippen molar-refractivity contribution in [2.75, 3.05) is 6.61 Å². The van der Waals surface area contributed by atoms with E-state index in [4.69, 9.17) is 19.4 Å². The number of esters is 1. The molecule has 4 rings (SSSR count). The largest absolute Gasteiger partial charge is 0.462 e. The van der Waals surface area contributed by atoms with Gasteiger partial charge >= 0.3 is 5.97 Å². The highest BCUT2D eigenvalue weighted by molar-refractivity contribution is 7.98. The van der Waals surface area contributed by atoms with Crippen LogP contribution in [0.25, 0.3) is 10.2 Å². The van der Waals surface area contributed by atoms with Crippen LogP contribution in [0, 0.1) is 13.8 Å². The summed E-state index contributed by atoms with van der Waals surface area (Å²) in [6.45, 7) is 6.03. The molecule has 0 aliphatic carbocycles. The molecule has 0 unspecified atom stereocenters. The molecule has 0 radical (unpaired) electrons. The Kier molecular flexibility index (Phi) is 6.53. The summed E-state index contributed by atoms with van der Waals surface area (Å²) in [5, 5.41) is 0.752. The lowest BCUT2D eigenvalue weighted by Gasteiger charge is -2.09. The van der Waals surface area contributed by atoms with Crippen LogP contribution in [0.4, 0.5) is 0 Å². The molecule has 0 fully saturated rings. The van der Waals surface area contributed by atoms with Crippen LogP contribution in [0.2, 0.25) is 0 Å². The zero-order valence-electron chi connectivity index (χ0n) is 17.5. The molecule has 0 bridgehead atoms. The Bertz CT molecular complexity index is 1210. The summed E-state index contributed by atoms with van der Waals surface area (Å²) >= 11 is 2.98. The van der Waals surface area contributed by atoms with E-state index in [2.05, 4.69) is 12.1 Å². The van der Waals surface area contributed by atoms with Gasteiger partial charge in [0.15, 0.2) is 0 Å². The van der Waals surface area contributed by atoms with Crippen molar-refractivity contribution < 1.29 is 14.3 Å². The minimum absolute atomic E-state index is 0.323. The van der Waals surface area contributed by atoms with Gasteiger partial charge in [0, 0.05) is 4.90 Å². The second-order valence-electron chi connectivity index (χ2n) is 6.92. The first-order valence-corrected chi connectivity index (χ1v) is 11.7. The quantitative estimate of drug-likeness (QED) is 0.234. The van der Waals surface area contributed by atoms with Crippen LogP contribution in [0.3, 0.4) is 0 Å². The fourth-order valence-electron chi connectivity index (χ4n) is 3.06. The average Bonchev–Trinajstić information content (AvgIpc) is 3.11. The first kappa shape index (κ1) is 21.3. The highest BCUT2D eigenvalue weighted by Gasteiger charge is 2.22. The van der Waals surface area contributed by atoms with Crippen molar-refractivity contribution in [3.63, 3.8) is 0 Å². The molecule has 0 aliphatic rings. The summed E-state index contributed by atoms with van der Waals surface area (Å²) in [5.74, 6) is 2.05. The number of carbonyl (C=O) groups is 1. The van der Waals surface area contributed by atoms with Crippen LogP contribution in [0.1, 0.15) is 33.5 Å². The SMILES string of the molecule is CCOC(=O)c1sc2nc(CSc3ccccc3)nc(Oc3ccc(C)cc3)c2c1C. The number of aromatic nitrogens is 2. The van der Waals surface area contributed by atoms with Crippen molar-refractivity contribution in [1.82, 2.24) is 9.97 Å². The molecule has 0 amide bonds. The number of benzene rings is 2. The number of ether oxygens (including phenoxy) is 2. The zero-order valence-corrected chi connectivity index (χ0v) is 19.2. The molecule has 5 nitrogen and oxygen atoms in total. The number of thiophene rings is 1. The second-order valence-corrected chi connectivity index (χ2v) is 8.97. The molecule has 158 valence electrons. The normalized spacial score (nSPS) is 10.9. The lowest BCUT2D eigenvalue weighted by Crippen LogP contribution is -2.03. The Morgan fingerprint density at radius 3 is 2.48 bits per heavy atom. The van der Waals surface area contributed by atoms with E-state index in [1.807, 2.05) is 56.3 Å². The van der Waals surface area contributed by atoms with E-state index in [-0.39, 0.29) is 5.97 Å². The van der Waals surface area contributed by atoms with Gasteiger partial charge in [0.05, 0.1) is 17.7 Å². The van der Waals surface area contributed by atoms with E-state index in [0.29, 0.717) is 34.7 Å². The molecule has 4 aromatic rings. The first-order chi connectivity index (χ1) is 15.0. The molecule has 0 spiro atoms. The lowest BCUT2D eigenvalue weighted by atomic mass is 10.2. The van der Waals surface area contributed by atoms with Gasteiger partial charge in [0.25, 0.3) is 0 Å². The molecule has 0 N–H and O–H groups in total. The van der Waals surface area contributed by atoms with Gasteiger partial charge in [0.2, 0.25) is 5.88 Å². The molecule has 31 heavy (non-hydrogen) atoms. The number of nitrogens with zero attached hydrogens (tertiary/aromatic N) is 2. The van der Waals surface area contributed by atoms with Crippen LogP contribution < -0.4 is 4.74 Å². The van der Waals surface area contributed by atoms with Crippen LogP contribution in [0.15, 0.2) is 59.5 Å². The maximum atomic E-state index is 12.4. The van der Waals surface area contributed by atoms with Gasteiger partial charge in [-0.1, -0.05) is 35.9 Å². The summed E-state index contributed by atoms with van der Waals surface area (Å²) < 4.78 is 11.4. The van der Waals surface area contributed by atoms with Crippen molar-refractivity contribution in [1.29, 1.82) is 0 Å². The van der Waals surface area contributed by atoms with E-state index in [0.717, 1.165) is 26.2 Å². The van der Waals surface area contributed by atoms with Crippen molar-refractivity contribution in [3.8, 4) is 11.6 Å². The van der Waals surface area contributed by atoms with Crippen LogP contribution >= 0.6 is 23.1 Å². The van der Waals surface area contributed by atoms with Crippen molar-refractivity contribution in [2.45, 2.75) is 31.4 Å². The molecule has 0 aliphatic heterocycles. The monoisotopic (exact) mass is 450 g/mol. The van der Waals surface area contributed by atoms with Crippen LogP contribution in [-0.4, -0.2) is 22.5 Å². The van der Waals surface area contributed by atoms with Gasteiger partial charge in [-0.2, -0.15) is 4.98 Å². The molecule has 0 atom stereocenters. The summed E-state index contributed by atoms with van der Waals surface area (Å²) in [7, 11) is 0. The van der Waals surface area contributed by atoms with E-state index < -0.39 is 0 Å². The third-order valence-electron chi connectivity index (χ3n) is 4.61. The Morgan fingerprint density at radius 2 is 1.77 bits per heavy atom. The molecular formula is C24H22N2O3S2. The molecule has 2 heterocycles. The Hall–Kier alpha value is -2.90. The third-order valence-corrected chi connectivity index (χ3v) is 6.78. The third kappa shape index (κ3) is 4.89. The van der Waals surface area contributed by atoms with E-state index in [9.17, 15) is 4.79 Å². The Morgan fingerprint density at radius 1 is 1.03 bits per heavy atom. The number of aryl methyl sites for hydroxylation is 2. The summed E-state index contributed by atoms with van der Waals surface area (Å²) in [4.78, 5) is 24.3. The average molecular weight is 451 g/mol. The smallest absolute Gasteiger partial charge is 0.348 e. The Labute approximate surface area is 189 Å². The molecule has 0 saturated carbocycles. The van der Waals surface area contributed by atoms with E-state index in [1.54, 1.807) is 18.7 Å². The first-order valence-electron chi connectivity index (χ1n) is 9.94. The molecule has 2 aromatic carbocycles. The summed E-state index contributed by atoms with van der Waals surface area (Å²) in [6, 6.07) is 17.9. The predicted octanol–water partition coefficient (Wildman–Crippen LogP) is 6.57. The maximum Gasteiger partial charge on any atom is 0.348 e. The number of rotatable bonds is 7. The Balaban J connectivity index is 1.74. The number of thioether (sulfide) groups is 1. The standard InChI is InChI=1S/C24H22N2O3S2/c1-4-28-24(27)21-16(3)20-22(29-17-12-10-15(2)11-13-17)25-19(26-23(20)31-21)14-30-18-8-6-5-7-9-18/h5-13H,4,14H2,1-3H3. The highest BCUT2D eigenvalue weighted by atomic mass is 32.2. The number of carbonyl (C=O) groups excluding carboxylic acids is 1. The minimum atomic E-state index is -0.343. The topological polar surface area (TPSA) is 61.3 Å². The van der Waals surface area contributed by atoms with E-state index in [1.165, 1.54) is 11.3 Å². The van der Waals surface area contributed by atoms with Crippen LogP contribution in [-0.2, 0) is 10.5 Å². The van der Waals surface area contributed by atoms with Gasteiger partial charge in [0.1, 0.15) is 21.3 Å². The fraction of sp³-hybridized carbons (Fsp3) is 0.208. The molecule has 2 aromatic heterocycles. The number of hydrogen-bond acceptors (Lipinski definition) is 7. The summed E-state index contributed by atoms with van der Waals surface area (Å²) in [6.07, 6.45) is 0. The van der Waals surface area contributed by atoms with Crippen LogP contribution in [0.5, 0.6) is 11.6 Å². The maximum absolute atomic E-state index is 12.4. The molecular weight excluding hydrogens is 428 g/mol. The van der Waals surface area contributed by atoms with Gasteiger partial charge in [-0.3, -0.25) is 0 Å². The van der Waals surface area contributed by atoms with Crippen molar-refractivity contribution in [3.05, 3.63) is 76.4 Å². The predicted molar refractivity (Wildman–Crippen MR) is 125 cm³/mol. The van der Waals surface area contributed by atoms with Crippen molar-refractivity contribution in [2.24, 2.45) is 0 Å². The fourth-order valence-corrected chi connectivity index (χ4v) is 4.92. The molecule has 7 heteroatoms. The van der Waals surface area contributed by atoms with Gasteiger partial charge in [-0.15, -0.1) is 23.1 Å². The minimum Gasteiger partial charge on any atom is -0.462 e. The van der Waals surface area contributed by atoms with Crippen molar-refractivity contribution >= 4 is 39.3 Å². The van der Waals surface area contributed by atoms with Gasteiger partial charge < -0.3 is 9.47 Å². The summed E-state index contributed by atoms with van der Waals surface area (Å²) in [5.41, 5.74) is 1.93.